The number of amides is 1. The lowest BCUT2D eigenvalue weighted by molar-refractivity contribution is -0.126. The molecule has 0 spiro atoms. The Morgan fingerprint density at radius 2 is 1.59 bits per heavy atom. The predicted molar refractivity (Wildman–Crippen MR) is 115 cm³/mol. The molecular weight excluding hydrogens is 384 g/mol. The van der Waals surface area contributed by atoms with Crippen LogP contribution < -0.4 is 5.32 Å². The van der Waals surface area contributed by atoms with E-state index in [1.54, 1.807) is 30.3 Å². The molecule has 5 nitrogen and oxygen atoms in total. The number of carbonyl (C=O) groups is 1. The smallest absolute Gasteiger partial charge is 0.243 e. The number of hydrogen-bond donors (Lipinski definition) is 1. The number of hydrogen-bond acceptors (Lipinski definition) is 3. The molecule has 1 saturated heterocycles. The average Bonchev–Trinajstić information content (AvgIpc) is 2.71. The van der Waals surface area contributed by atoms with E-state index in [2.05, 4.69) is 38.2 Å². The molecule has 156 valence electrons. The Labute approximate surface area is 174 Å². The number of piperidine rings is 1. The molecule has 0 unspecified atom stereocenters. The zero-order chi connectivity index (χ0) is 21.2. The van der Waals surface area contributed by atoms with Crippen LogP contribution >= 0.6 is 0 Å². The van der Waals surface area contributed by atoms with Gasteiger partial charge in [0, 0.05) is 19.0 Å². The molecule has 3 rings (SSSR count). The van der Waals surface area contributed by atoms with Crippen molar-refractivity contribution in [1.29, 1.82) is 0 Å². The van der Waals surface area contributed by atoms with Crippen molar-refractivity contribution >= 4 is 15.9 Å². The van der Waals surface area contributed by atoms with Crippen LogP contribution in [0.2, 0.25) is 0 Å². The van der Waals surface area contributed by atoms with Crippen LogP contribution in [0.3, 0.4) is 0 Å². The van der Waals surface area contributed by atoms with Gasteiger partial charge in [0.25, 0.3) is 0 Å². The van der Waals surface area contributed by atoms with E-state index in [1.165, 1.54) is 21.0 Å². The molecule has 1 aliphatic rings. The van der Waals surface area contributed by atoms with Crippen molar-refractivity contribution in [2.24, 2.45) is 5.92 Å². The molecule has 0 aliphatic carbocycles. The minimum Gasteiger partial charge on any atom is -0.349 e. The minimum absolute atomic E-state index is 0.00638. The van der Waals surface area contributed by atoms with Gasteiger partial charge in [0.15, 0.2) is 0 Å². The van der Waals surface area contributed by atoms with Crippen molar-refractivity contribution < 1.29 is 13.2 Å². The Balaban J connectivity index is 1.61. The monoisotopic (exact) mass is 414 g/mol. The summed E-state index contributed by atoms with van der Waals surface area (Å²) in [6.07, 6.45) is 1.08. The van der Waals surface area contributed by atoms with E-state index in [-0.39, 0.29) is 17.9 Å². The molecule has 0 bridgehead atoms. The molecule has 2 aromatic rings. The number of nitrogens with one attached hydrogen (secondary N) is 1. The van der Waals surface area contributed by atoms with Gasteiger partial charge in [-0.25, -0.2) is 8.42 Å². The number of aryl methyl sites for hydroxylation is 3. The van der Waals surface area contributed by atoms with E-state index in [1.807, 2.05) is 6.92 Å². The number of sulfonamides is 1. The van der Waals surface area contributed by atoms with Gasteiger partial charge in [-0.15, -0.1) is 0 Å². The van der Waals surface area contributed by atoms with Gasteiger partial charge in [0.2, 0.25) is 15.9 Å². The van der Waals surface area contributed by atoms with Gasteiger partial charge < -0.3 is 5.32 Å². The summed E-state index contributed by atoms with van der Waals surface area (Å²) < 4.78 is 27.0. The van der Waals surface area contributed by atoms with Gasteiger partial charge in [-0.1, -0.05) is 30.3 Å². The molecule has 1 amide bonds. The fourth-order valence-electron chi connectivity index (χ4n) is 3.96. The Hall–Kier alpha value is -2.18. The normalized spacial score (nSPS) is 17.1. The summed E-state index contributed by atoms with van der Waals surface area (Å²) in [5, 5.41) is 3.13. The maximum atomic E-state index is 12.8. The quantitative estimate of drug-likeness (QED) is 0.807. The van der Waals surface area contributed by atoms with E-state index in [0.29, 0.717) is 30.8 Å². The summed E-state index contributed by atoms with van der Waals surface area (Å²) in [7, 11) is -3.49. The van der Waals surface area contributed by atoms with E-state index < -0.39 is 10.0 Å². The highest BCUT2D eigenvalue weighted by Gasteiger charge is 2.32. The number of rotatable bonds is 5. The number of carbonyl (C=O) groups excluding carboxylic acids is 1. The van der Waals surface area contributed by atoms with E-state index in [9.17, 15) is 13.2 Å². The maximum absolute atomic E-state index is 12.8. The van der Waals surface area contributed by atoms with Crippen LogP contribution in [0, 0.1) is 26.7 Å². The first-order valence-corrected chi connectivity index (χ1v) is 11.6. The first-order valence-electron chi connectivity index (χ1n) is 10.1. The second kappa shape index (κ2) is 8.67. The lowest BCUT2D eigenvalue weighted by Crippen LogP contribution is -2.43. The summed E-state index contributed by atoms with van der Waals surface area (Å²) in [6, 6.07) is 12.7. The van der Waals surface area contributed by atoms with Crippen molar-refractivity contribution in [2.75, 3.05) is 13.1 Å². The van der Waals surface area contributed by atoms with Crippen LogP contribution in [-0.2, 0) is 14.8 Å². The van der Waals surface area contributed by atoms with Crippen LogP contribution in [0.25, 0.3) is 0 Å². The van der Waals surface area contributed by atoms with Crippen LogP contribution in [0.5, 0.6) is 0 Å². The Bertz CT molecular complexity index is 979. The third kappa shape index (κ3) is 4.70. The van der Waals surface area contributed by atoms with Crippen molar-refractivity contribution in [3.05, 3.63) is 64.7 Å². The largest absolute Gasteiger partial charge is 0.349 e. The second-order valence-corrected chi connectivity index (χ2v) is 9.95. The fourth-order valence-corrected chi connectivity index (χ4v) is 5.45. The highest BCUT2D eigenvalue weighted by atomic mass is 32.2. The third-order valence-electron chi connectivity index (χ3n) is 5.91. The molecule has 2 aromatic carbocycles. The van der Waals surface area contributed by atoms with Gasteiger partial charge >= 0.3 is 0 Å². The molecule has 0 radical (unpaired) electrons. The molecule has 6 heteroatoms. The van der Waals surface area contributed by atoms with Crippen molar-refractivity contribution in [1.82, 2.24) is 9.62 Å². The highest BCUT2D eigenvalue weighted by Crippen LogP contribution is 2.26. The van der Waals surface area contributed by atoms with Crippen molar-refractivity contribution in [2.45, 2.75) is 51.5 Å². The molecular formula is C23H30N2O3S. The lowest BCUT2D eigenvalue weighted by atomic mass is 9.94. The molecule has 1 atom stereocenters. The maximum Gasteiger partial charge on any atom is 0.243 e. The standard InChI is InChI=1S/C23H30N2O3S/c1-16-14-18(3)22(15-17(16)2)19(4)24-23(26)20-10-12-25(13-11-20)29(27,28)21-8-6-5-7-9-21/h5-9,14-15,19-20H,10-13H2,1-4H3,(H,24,26)/t19-/m0/s1. The topological polar surface area (TPSA) is 66.5 Å². The Morgan fingerprint density at radius 1 is 1.00 bits per heavy atom. The van der Waals surface area contributed by atoms with Gasteiger partial charge in [-0.3, -0.25) is 4.79 Å². The lowest BCUT2D eigenvalue weighted by Gasteiger charge is -2.31. The first-order chi connectivity index (χ1) is 13.7. The summed E-state index contributed by atoms with van der Waals surface area (Å²) in [4.78, 5) is 13.1. The van der Waals surface area contributed by atoms with Crippen LogP contribution in [0.15, 0.2) is 47.4 Å². The molecule has 1 aliphatic heterocycles. The van der Waals surface area contributed by atoms with Gasteiger partial charge in [-0.2, -0.15) is 4.31 Å². The van der Waals surface area contributed by atoms with Crippen LogP contribution in [0.4, 0.5) is 0 Å². The molecule has 29 heavy (non-hydrogen) atoms. The minimum atomic E-state index is -3.49. The number of nitrogens with zero attached hydrogens (tertiary/aromatic N) is 1. The molecule has 1 fully saturated rings. The molecule has 0 aromatic heterocycles. The summed E-state index contributed by atoms with van der Waals surface area (Å²) in [5.41, 5.74) is 4.76. The third-order valence-corrected chi connectivity index (χ3v) is 7.83. The van der Waals surface area contributed by atoms with Crippen LogP contribution in [0.1, 0.15) is 48.1 Å². The van der Waals surface area contributed by atoms with E-state index >= 15 is 0 Å². The van der Waals surface area contributed by atoms with Gasteiger partial charge in [0.1, 0.15) is 0 Å². The summed E-state index contributed by atoms with van der Waals surface area (Å²) in [5.74, 6) is -0.154. The van der Waals surface area contributed by atoms with Crippen molar-refractivity contribution in [3.63, 3.8) is 0 Å². The zero-order valence-corrected chi connectivity index (χ0v) is 18.4. The summed E-state index contributed by atoms with van der Waals surface area (Å²) >= 11 is 0. The fraction of sp³-hybridized carbons (Fsp3) is 0.435. The Morgan fingerprint density at radius 3 is 2.21 bits per heavy atom. The zero-order valence-electron chi connectivity index (χ0n) is 17.6. The van der Waals surface area contributed by atoms with Gasteiger partial charge in [-0.05, 0) is 74.9 Å². The molecule has 1 N–H and O–H groups in total. The summed E-state index contributed by atoms with van der Waals surface area (Å²) in [6.45, 7) is 8.97. The van der Waals surface area contributed by atoms with Gasteiger partial charge in [0.05, 0.1) is 10.9 Å². The van der Waals surface area contributed by atoms with Crippen molar-refractivity contribution in [3.8, 4) is 0 Å². The van der Waals surface area contributed by atoms with E-state index in [4.69, 9.17) is 0 Å². The van der Waals surface area contributed by atoms with E-state index in [0.717, 1.165) is 5.56 Å². The molecule has 1 heterocycles. The second-order valence-electron chi connectivity index (χ2n) is 8.01. The first kappa shape index (κ1) is 21.5. The average molecular weight is 415 g/mol. The highest BCUT2D eigenvalue weighted by molar-refractivity contribution is 7.89. The number of benzene rings is 2. The molecule has 0 saturated carbocycles. The Kier molecular flexibility index (Phi) is 6.44. The van der Waals surface area contributed by atoms with Crippen LogP contribution in [-0.4, -0.2) is 31.7 Å². The predicted octanol–water partition coefficient (Wildman–Crippen LogP) is 3.89. The SMILES string of the molecule is Cc1cc(C)c([C@H](C)NC(=O)C2CCN(S(=O)(=O)c3ccccc3)CC2)cc1C.